The number of hydrogen-bond donors (Lipinski definition) is 2. The molecule has 0 heterocycles. The lowest BCUT2D eigenvalue weighted by Gasteiger charge is -2.20. The molecule has 1 aromatic rings. The van der Waals surface area contributed by atoms with Crippen LogP contribution in [0.2, 0.25) is 0 Å². The zero-order valence-corrected chi connectivity index (χ0v) is 12.8. The highest BCUT2D eigenvalue weighted by atomic mass is 79.9. The molecule has 0 aliphatic rings. The molecule has 0 unspecified atom stereocenters. The number of carbonyl (C=O) groups is 1. The Balaban J connectivity index is 2.89. The minimum Gasteiger partial charge on any atom is -0.444 e. The van der Waals surface area contributed by atoms with E-state index >= 15 is 0 Å². The van der Waals surface area contributed by atoms with E-state index in [-0.39, 0.29) is 6.61 Å². The number of ether oxygens (including phenoxy) is 1. The van der Waals surface area contributed by atoms with E-state index in [0.717, 1.165) is 10.0 Å². The molecule has 0 aromatic heterocycles. The van der Waals surface area contributed by atoms with Gasteiger partial charge in [-0.05, 0) is 38.5 Å². The molecule has 0 aliphatic carbocycles. The summed E-state index contributed by atoms with van der Waals surface area (Å²) in [6.45, 7) is 5.36. The molecule has 0 bridgehead atoms. The highest BCUT2D eigenvalue weighted by Gasteiger charge is 2.16. The topological polar surface area (TPSA) is 58.6 Å². The number of aliphatic hydroxyl groups is 1. The van der Waals surface area contributed by atoms with Crippen LogP contribution in [0.5, 0.6) is 0 Å². The van der Waals surface area contributed by atoms with E-state index in [1.807, 2.05) is 12.1 Å². The summed E-state index contributed by atoms with van der Waals surface area (Å²) in [4.78, 5) is 11.7. The molecule has 5 heteroatoms. The number of amides is 1. The van der Waals surface area contributed by atoms with Gasteiger partial charge in [0.15, 0.2) is 0 Å². The number of nitrogens with one attached hydrogen (secondary N) is 1. The van der Waals surface area contributed by atoms with Crippen LogP contribution < -0.4 is 5.32 Å². The van der Waals surface area contributed by atoms with Crippen LogP contribution in [0.1, 0.15) is 26.3 Å². The van der Waals surface area contributed by atoms with Crippen molar-refractivity contribution in [2.75, 3.05) is 11.9 Å². The summed E-state index contributed by atoms with van der Waals surface area (Å²) in [6.07, 6.45) is 2.83. The van der Waals surface area contributed by atoms with Crippen LogP contribution in [0.3, 0.4) is 0 Å². The van der Waals surface area contributed by atoms with Gasteiger partial charge in [0, 0.05) is 4.47 Å². The van der Waals surface area contributed by atoms with Gasteiger partial charge in [0.25, 0.3) is 0 Å². The molecule has 104 valence electrons. The van der Waals surface area contributed by atoms with E-state index in [1.54, 1.807) is 39.0 Å². The lowest BCUT2D eigenvalue weighted by atomic mass is 10.1. The van der Waals surface area contributed by atoms with Crippen molar-refractivity contribution in [2.45, 2.75) is 26.4 Å². The standard InChI is InChI=1S/C14H18BrNO3/c1-14(2,3)19-13(18)16-12-9-11(15)7-6-10(12)5-4-8-17/h4-7,9,17H,8H2,1-3H3,(H,16,18)/b5-4+. The maximum atomic E-state index is 11.7. The van der Waals surface area contributed by atoms with E-state index in [2.05, 4.69) is 21.2 Å². The fraction of sp³-hybridized carbons (Fsp3) is 0.357. The summed E-state index contributed by atoms with van der Waals surface area (Å²) < 4.78 is 6.05. The third kappa shape index (κ3) is 5.89. The monoisotopic (exact) mass is 327 g/mol. The van der Waals surface area contributed by atoms with Gasteiger partial charge in [-0.25, -0.2) is 4.79 Å². The van der Waals surface area contributed by atoms with Crippen molar-refractivity contribution >= 4 is 33.8 Å². The molecule has 0 saturated carbocycles. The van der Waals surface area contributed by atoms with Crippen LogP contribution in [-0.4, -0.2) is 23.4 Å². The van der Waals surface area contributed by atoms with E-state index < -0.39 is 11.7 Å². The van der Waals surface area contributed by atoms with Gasteiger partial charge in [-0.2, -0.15) is 0 Å². The second-order valence-corrected chi connectivity index (χ2v) is 5.86. The van der Waals surface area contributed by atoms with E-state index in [4.69, 9.17) is 9.84 Å². The molecule has 0 atom stereocenters. The summed E-state index contributed by atoms with van der Waals surface area (Å²) in [5.74, 6) is 0. The van der Waals surface area contributed by atoms with E-state index in [0.29, 0.717) is 5.69 Å². The summed E-state index contributed by atoms with van der Waals surface area (Å²) in [5.41, 5.74) is 0.869. The first-order valence-corrected chi connectivity index (χ1v) is 6.68. The summed E-state index contributed by atoms with van der Waals surface area (Å²) >= 11 is 3.35. The van der Waals surface area contributed by atoms with Crippen LogP contribution in [-0.2, 0) is 4.74 Å². The number of carbonyl (C=O) groups excluding carboxylic acids is 1. The summed E-state index contributed by atoms with van der Waals surface area (Å²) in [6, 6.07) is 5.47. The predicted molar refractivity (Wildman–Crippen MR) is 80.1 cm³/mol. The largest absolute Gasteiger partial charge is 0.444 e. The molecule has 4 nitrogen and oxygen atoms in total. The molecular formula is C14H18BrNO3. The smallest absolute Gasteiger partial charge is 0.412 e. The Kier molecular flexibility index (Phi) is 5.57. The number of halogens is 1. The summed E-state index contributed by atoms with van der Waals surface area (Å²) in [7, 11) is 0. The first-order valence-electron chi connectivity index (χ1n) is 5.89. The van der Waals surface area contributed by atoms with Gasteiger partial charge in [-0.3, -0.25) is 5.32 Å². The SMILES string of the molecule is CC(C)(C)OC(=O)Nc1cc(Br)ccc1/C=C/CO. The Morgan fingerprint density at radius 2 is 2.16 bits per heavy atom. The maximum absolute atomic E-state index is 11.7. The first-order chi connectivity index (χ1) is 8.81. The fourth-order valence-corrected chi connectivity index (χ4v) is 1.74. The zero-order valence-electron chi connectivity index (χ0n) is 11.2. The molecular weight excluding hydrogens is 310 g/mol. The Morgan fingerprint density at radius 1 is 1.47 bits per heavy atom. The molecule has 0 fully saturated rings. The van der Waals surface area contributed by atoms with Gasteiger partial charge < -0.3 is 9.84 Å². The normalized spacial score (nSPS) is 11.6. The number of anilines is 1. The van der Waals surface area contributed by atoms with Crippen LogP contribution in [0.25, 0.3) is 6.08 Å². The number of hydrogen-bond acceptors (Lipinski definition) is 3. The Bertz CT molecular complexity index is 478. The minimum absolute atomic E-state index is 0.0536. The number of aliphatic hydroxyl groups excluding tert-OH is 1. The number of rotatable bonds is 3. The highest BCUT2D eigenvalue weighted by molar-refractivity contribution is 9.10. The summed E-state index contributed by atoms with van der Waals surface area (Å²) in [5, 5.41) is 11.5. The van der Waals surface area contributed by atoms with Crippen molar-refractivity contribution in [3.8, 4) is 0 Å². The zero-order chi connectivity index (χ0) is 14.5. The molecule has 2 N–H and O–H groups in total. The lowest BCUT2D eigenvalue weighted by Crippen LogP contribution is -2.27. The minimum atomic E-state index is -0.544. The van der Waals surface area contributed by atoms with Gasteiger partial charge >= 0.3 is 6.09 Å². The van der Waals surface area contributed by atoms with Crippen LogP contribution in [0.4, 0.5) is 10.5 Å². The molecule has 1 aromatic carbocycles. The van der Waals surface area contributed by atoms with Gasteiger partial charge in [-0.1, -0.05) is 34.1 Å². The molecule has 0 radical (unpaired) electrons. The highest BCUT2D eigenvalue weighted by Crippen LogP contribution is 2.23. The number of benzene rings is 1. The first kappa shape index (κ1) is 15.7. The molecule has 0 saturated heterocycles. The second kappa shape index (κ2) is 6.73. The van der Waals surface area contributed by atoms with Crippen molar-refractivity contribution in [2.24, 2.45) is 0 Å². The third-order valence-electron chi connectivity index (χ3n) is 2.05. The maximum Gasteiger partial charge on any atom is 0.412 e. The van der Waals surface area contributed by atoms with Crippen LogP contribution in [0.15, 0.2) is 28.7 Å². The van der Waals surface area contributed by atoms with E-state index in [9.17, 15) is 4.79 Å². The fourth-order valence-electron chi connectivity index (χ4n) is 1.38. The predicted octanol–water partition coefficient (Wildman–Crippen LogP) is 3.80. The van der Waals surface area contributed by atoms with Gasteiger partial charge in [0.05, 0.1) is 12.3 Å². The second-order valence-electron chi connectivity index (χ2n) is 4.94. The van der Waals surface area contributed by atoms with Crippen LogP contribution >= 0.6 is 15.9 Å². The Morgan fingerprint density at radius 3 is 2.74 bits per heavy atom. The molecule has 1 rings (SSSR count). The Hall–Kier alpha value is -1.33. The van der Waals surface area contributed by atoms with Crippen molar-refractivity contribution < 1.29 is 14.6 Å². The third-order valence-corrected chi connectivity index (χ3v) is 2.55. The molecule has 19 heavy (non-hydrogen) atoms. The van der Waals surface area contributed by atoms with Crippen molar-refractivity contribution in [3.63, 3.8) is 0 Å². The molecule has 1 amide bonds. The van der Waals surface area contributed by atoms with Crippen molar-refractivity contribution in [1.82, 2.24) is 0 Å². The van der Waals surface area contributed by atoms with Gasteiger partial charge in [-0.15, -0.1) is 0 Å². The van der Waals surface area contributed by atoms with E-state index in [1.165, 1.54) is 0 Å². The van der Waals surface area contributed by atoms with Gasteiger partial charge in [0.2, 0.25) is 0 Å². The van der Waals surface area contributed by atoms with Crippen LogP contribution in [0, 0.1) is 0 Å². The quantitative estimate of drug-likeness (QED) is 0.887. The average molecular weight is 328 g/mol. The van der Waals surface area contributed by atoms with Crippen molar-refractivity contribution in [1.29, 1.82) is 0 Å². The molecule has 0 spiro atoms. The average Bonchev–Trinajstić information content (AvgIpc) is 2.25. The lowest BCUT2D eigenvalue weighted by molar-refractivity contribution is 0.0636. The van der Waals surface area contributed by atoms with Crippen molar-refractivity contribution in [3.05, 3.63) is 34.3 Å². The van der Waals surface area contributed by atoms with Gasteiger partial charge in [0.1, 0.15) is 5.60 Å². The Labute approximate surface area is 121 Å². The molecule has 0 aliphatic heterocycles.